The van der Waals surface area contributed by atoms with Gasteiger partial charge in [0.05, 0.1) is 0 Å². The van der Waals surface area contributed by atoms with E-state index in [1.165, 1.54) is 60.1 Å². The zero-order valence-electron chi connectivity index (χ0n) is 24.3. The summed E-state index contributed by atoms with van der Waals surface area (Å²) in [5.41, 5.74) is -1.58. The number of esters is 1. The first-order valence-corrected chi connectivity index (χ1v) is 21.2. The molecule has 236 valence electrons. The number of rotatable bonds is 14. The number of ether oxygens (including phenoxy) is 1. The standard InChI is InChI=1S/C21H38F8O7Si4/c1-16(2,3)13-18(33-15(32)12-11-14(30)31,20(26,27)21(28,29)19(24,25)17(4,22)23)40(34-37,35-38(5,6)7)36-39(8,9)10/h11-12H,13H2,1-10,37H3,(H,30,31)/b12-11+. The van der Waals surface area contributed by atoms with Crippen LogP contribution >= 0.6 is 0 Å². The monoisotopic (exact) mass is 666 g/mol. The summed E-state index contributed by atoms with van der Waals surface area (Å²) >= 11 is 0. The highest BCUT2D eigenvalue weighted by atomic mass is 28.5. The van der Waals surface area contributed by atoms with E-state index in [4.69, 9.17) is 22.2 Å². The SMILES string of the molecule is CC(C)(C)CC(OC(=O)/C=C/C(=O)O)(C(F)(F)C(F)(F)C(F)(F)C(C)(F)F)[Si](O[SiH3])(O[Si](C)(C)C)O[Si](C)(C)C. The summed E-state index contributed by atoms with van der Waals surface area (Å²) in [7, 11) is -12.8. The molecular formula is C21H38F8O7Si4. The molecule has 0 saturated heterocycles. The minimum absolute atomic E-state index is 0.0792. The average molecular weight is 667 g/mol. The molecule has 19 heteroatoms. The van der Waals surface area contributed by atoms with Gasteiger partial charge in [0, 0.05) is 25.5 Å². The highest BCUT2D eigenvalue weighted by Crippen LogP contribution is 2.61. The first-order valence-electron chi connectivity index (χ1n) is 11.8. The highest BCUT2D eigenvalue weighted by molar-refractivity contribution is 6.87. The third-order valence-electron chi connectivity index (χ3n) is 4.91. The lowest BCUT2D eigenvalue weighted by atomic mass is 9.83. The van der Waals surface area contributed by atoms with Crippen LogP contribution in [0.25, 0.3) is 0 Å². The summed E-state index contributed by atoms with van der Waals surface area (Å²) in [6, 6.07) is 0. The van der Waals surface area contributed by atoms with Gasteiger partial charge in [0.25, 0.3) is 0 Å². The van der Waals surface area contributed by atoms with Crippen LogP contribution in [0.1, 0.15) is 34.1 Å². The number of aliphatic carboxylic acids is 1. The smallest absolute Gasteiger partial charge is 0.478 e. The van der Waals surface area contributed by atoms with Crippen molar-refractivity contribution < 1.29 is 66.9 Å². The van der Waals surface area contributed by atoms with Gasteiger partial charge >= 0.3 is 44.4 Å². The van der Waals surface area contributed by atoms with Crippen LogP contribution in [0.5, 0.6) is 0 Å². The van der Waals surface area contributed by atoms with E-state index in [1.807, 2.05) is 0 Å². The molecule has 0 aliphatic heterocycles. The van der Waals surface area contributed by atoms with E-state index in [9.17, 15) is 27.2 Å². The summed E-state index contributed by atoms with van der Waals surface area (Å²) < 4.78 is 143. The van der Waals surface area contributed by atoms with Crippen molar-refractivity contribution in [1.29, 1.82) is 0 Å². The second kappa shape index (κ2) is 11.9. The highest BCUT2D eigenvalue weighted by Gasteiger charge is 2.90. The van der Waals surface area contributed by atoms with Gasteiger partial charge in [0.15, 0.2) is 16.6 Å². The number of carboxylic acids is 1. The Labute approximate surface area is 234 Å². The zero-order valence-corrected chi connectivity index (χ0v) is 29.3. The number of carbonyl (C=O) groups is 2. The summed E-state index contributed by atoms with van der Waals surface area (Å²) in [5, 5.41) is 4.61. The fraction of sp³-hybridized carbons (Fsp3) is 0.810. The largest absolute Gasteiger partial charge is 0.522 e. The number of carbonyl (C=O) groups excluding carboxylic acids is 1. The van der Waals surface area contributed by atoms with E-state index in [0.29, 0.717) is 0 Å². The van der Waals surface area contributed by atoms with Crippen molar-refractivity contribution in [3.05, 3.63) is 12.2 Å². The molecule has 0 aromatic heterocycles. The van der Waals surface area contributed by atoms with Crippen LogP contribution in [0.3, 0.4) is 0 Å². The van der Waals surface area contributed by atoms with E-state index in [-0.39, 0.29) is 12.2 Å². The molecule has 0 heterocycles. The maximum absolute atomic E-state index is 16.5. The molecule has 0 amide bonds. The lowest BCUT2D eigenvalue weighted by Crippen LogP contribution is -2.82. The van der Waals surface area contributed by atoms with E-state index in [1.54, 1.807) is 0 Å². The number of hydrogen-bond acceptors (Lipinski definition) is 6. The zero-order chi connectivity index (χ0) is 32.6. The van der Waals surface area contributed by atoms with Gasteiger partial charge < -0.3 is 22.2 Å². The Bertz CT molecular complexity index is 939. The molecule has 0 spiro atoms. The normalized spacial score (nSPS) is 16.8. The van der Waals surface area contributed by atoms with E-state index in [0.717, 1.165) is 0 Å². The predicted octanol–water partition coefficient (Wildman–Crippen LogP) is 5.38. The third kappa shape index (κ3) is 8.46. The molecule has 0 fully saturated rings. The molecular weight excluding hydrogens is 629 g/mol. The van der Waals surface area contributed by atoms with Crippen LogP contribution in [0.15, 0.2) is 12.2 Å². The summed E-state index contributed by atoms with van der Waals surface area (Å²) in [6.07, 6.45) is -1.20. The summed E-state index contributed by atoms with van der Waals surface area (Å²) in [6.45, 7) is 11.4. The van der Waals surface area contributed by atoms with Gasteiger partial charge in [-0.05, 0) is 44.7 Å². The topological polar surface area (TPSA) is 91.3 Å². The predicted molar refractivity (Wildman–Crippen MR) is 141 cm³/mol. The van der Waals surface area contributed by atoms with Gasteiger partial charge in [0.2, 0.25) is 5.22 Å². The number of carboxylic acid groups (broad SMARTS) is 1. The fourth-order valence-corrected chi connectivity index (χ4v) is 16.9. The molecule has 1 unspecified atom stereocenters. The Morgan fingerprint density at radius 3 is 1.43 bits per heavy atom. The molecule has 1 N–H and O–H groups in total. The van der Waals surface area contributed by atoms with Crippen molar-refractivity contribution in [2.75, 3.05) is 0 Å². The molecule has 40 heavy (non-hydrogen) atoms. The van der Waals surface area contributed by atoms with Gasteiger partial charge in [-0.2, -0.15) is 35.1 Å². The number of hydrogen-bond donors (Lipinski definition) is 1. The molecule has 0 aromatic rings. The second-order valence-electron chi connectivity index (χ2n) is 12.5. The minimum Gasteiger partial charge on any atom is -0.478 e. The van der Waals surface area contributed by atoms with Crippen LogP contribution in [0.4, 0.5) is 35.1 Å². The lowest BCUT2D eigenvalue weighted by Gasteiger charge is -2.54. The first kappa shape index (κ1) is 38.9. The Balaban J connectivity index is 8.35. The molecule has 0 radical (unpaired) electrons. The van der Waals surface area contributed by atoms with Crippen LogP contribution in [0, 0.1) is 5.41 Å². The molecule has 0 bridgehead atoms. The van der Waals surface area contributed by atoms with Crippen LogP contribution in [-0.2, 0) is 26.7 Å². The molecule has 0 saturated carbocycles. The summed E-state index contributed by atoms with van der Waals surface area (Å²) in [5.74, 6) is -29.3. The maximum Gasteiger partial charge on any atom is 0.522 e. The minimum atomic E-state index is -6.88. The lowest BCUT2D eigenvalue weighted by molar-refractivity contribution is -0.387. The van der Waals surface area contributed by atoms with Crippen molar-refractivity contribution in [1.82, 2.24) is 0 Å². The molecule has 1 atom stereocenters. The van der Waals surface area contributed by atoms with Crippen molar-refractivity contribution in [2.24, 2.45) is 5.41 Å². The van der Waals surface area contributed by atoms with Crippen LogP contribution in [-0.4, -0.2) is 81.9 Å². The van der Waals surface area contributed by atoms with Crippen molar-refractivity contribution in [3.8, 4) is 0 Å². The quantitative estimate of drug-likeness (QED) is 0.115. The van der Waals surface area contributed by atoms with E-state index < -0.39 is 95.5 Å². The van der Waals surface area contributed by atoms with Crippen molar-refractivity contribution >= 4 is 47.9 Å². The Morgan fingerprint density at radius 2 is 1.15 bits per heavy atom. The van der Waals surface area contributed by atoms with Gasteiger partial charge in [-0.1, -0.05) is 20.8 Å². The molecule has 0 aliphatic rings. The number of halogens is 8. The second-order valence-corrected chi connectivity index (χ2v) is 26.1. The Kier molecular flexibility index (Phi) is 11.5. The van der Waals surface area contributed by atoms with E-state index >= 15 is 17.6 Å². The molecule has 0 rings (SSSR count). The molecule has 0 aliphatic carbocycles. The molecule has 7 nitrogen and oxygen atoms in total. The molecule has 0 aromatic carbocycles. The van der Waals surface area contributed by atoms with Crippen molar-refractivity contribution in [3.63, 3.8) is 0 Å². The fourth-order valence-electron chi connectivity index (χ4n) is 3.63. The summed E-state index contributed by atoms with van der Waals surface area (Å²) in [4.78, 5) is 23.7. The van der Waals surface area contributed by atoms with Gasteiger partial charge in [-0.25, -0.2) is 9.59 Å². The Morgan fingerprint density at radius 1 is 0.750 bits per heavy atom. The maximum atomic E-state index is 16.5. The van der Waals surface area contributed by atoms with Gasteiger partial charge in [-0.3, -0.25) is 0 Å². The van der Waals surface area contributed by atoms with Gasteiger partial charge in [-0.15, -0.1) is 0 Å². The third-order valence-corrected chi connectivity index (χ3v) is 15.7. The average Bonchev–Trinajstić information content (AvgIpc) is 2.66. The van der Waals surface area contributed by atoms with E-state index in [2.05, 4.69) is 0 Å². The number of alkyl halides is 8. The first-order chi connectivity index (χ1) is 17.2. The van der Waals surface area contributed by atoms with Crippen LogP contribution < -0.4 is 0 Å². The van der Waals surface area contributed by atoms with Crippen LogP contribution in [0.2, 0.25) is 39.3 Å². The van der Waals surface area contributed by atoms with Crippen molar-refractivity contribution in [2.45, 2.75) is 102 Å². The van der Waals surface area contributed by atoms with Gasteiger partial charge in [0.1, 0.15) is 10.5 Å². The Hall–Kier alpha value is -1.13.